The maximum absolute atomic E-state index is 13.0. The van der Waals surface area contributed by atoms with Gasteiger partial charge in [0.15, 0.2) is 0 Å². The number of hydrazone groups is 1. The summed E-state index contributed by atoms with van der Waals surface area (Å²) in [5.74, 6) is -1.96. The minimum Gasteiger partial charge on any atom is -0.480 e. The smallest absolute Gasteiger partial charge is 0.325 e. The second-order valence-electron chi connectivity index (χ2n) is 3.58. The van der Waals surface area contributed by atoms with E-state index < -0.39 is 24.2 Å². The SMILES string of the molecule is O=C(O)CN1N=C(c2cccc(F)c2)CC1=O. The number of carboxylic acids is 1. The van der Waals surface area contributed by atoms with Gasteiger partial charge in [0.2, 0.25) is 5.91 Å². The van der Waals surface area contributed by atoms with Crippen molar-refractivity contribution in [2.45, 2.75) is 6.42 Å². The van der Waals surface area contributed by atoms with E-state index in [0.717, 1.165) is 5.01 Å². The Balaban J connectivity index is 2.23. The van der Waals surface area contributed by atoms with Gasteiger partial charge in [-0.1, -0.05) is 12.1 Å². The van der Waals surface area contributed by atoms with Gasteiger partial charge < -0.3 is 5.11 Å². The van der Waals surface area contributed by atoms with Gasteiger partial charge in [0.25, 0.3) is 0 Å². The van der Waals surface area contributed by atoms with E-state index in [1.54, 1.807) is 6.07 Å². The van der Waals surface area contributed by atoms with Crippen LogP contribution in [0.15, 0.2) is 29.4 Å². The fraction of sp³-hybridized carbons (Fsp3) is 0.182. The standard InChI is InChI=1S/C11H9FN2O3/c12-8-3-1-2-7(4-8)9-5-10(15)14(13-9)6-11(16)17/h1-4H,5-6H2,(H,16,17). The molecule has 1 heterocycles. The van der Waals surface area contributed by atoms with Crippen molar-refractivity contribution < 1.29 is 19.1 Å². The van der Waals surface area contributed by atoms with Gasteiger partial charge in [-0.25, -0.2) is 9.40 Å². The number of nitrogens with zero attached hydrogens (tertiary/aromatic N) is 2. The highest BCUT2D eigenvalue weighted by molar-refractivity contribution is 6.14. The van der Waals surface area contributed by atoms with Gasteiger partial charge in [-0.15, -0.1) is 0 Å². The van der Waals surface area contributed by atoms with Crippen molar-refractivity contribution >= 4 is 17.6 Å². The Bertz CT molecular complexity index is 513. The molecule has 1 aromatic carbocycles. The summed E-state index contributed by atoms with van der Waals surface area (Å²) in [4.78, 5) is 21.9. The van der Waals surface area contributed by atoms with Gasteiger partial charge >= 0.3 is 5.97 Å². The normalized spacial score (nSPS) is 15.0. The van der Waals surface area contributed by atoms with Gasteiger partial charge in [0.1, 0.15) is 12.4 Å². The number of benzene rings is 1. The average Bonchev–Trinajstić information content (AvgIpc) is 2.59. The third-order valence-corrected chi connectivity index (χ3v) is 2.29. The van der Waals surface area contributed by atoms with Crippen molar-refractivity contribution in [1.29, 1.82) is 0 Å². The number of hydrogen-bond acceptors (Lipinski definition) is 3. The first kappa shape index (κ1) is 11.3. The van der Waals surface area contributed by atoms with E-state index in [-0.39, 0.29) is 6.42 Å². The molecule has 1 aliphatic heterocycles. The van der Waals surface area contributed by atoms with Crippen molar-refractivity contribution in [2.24, 2.45) is 5.10 Å². The Hall–Kier alpha value is -2.24. The maximum Gasteiger partial charge on any atom is 0.325 e. The Morgan fingerprint density at radius 1 is 1.53 bits per heavy atom. The molecule has 0 spiro atoms. The van der Waals surface area contributed by atoms with Crippen LogP contribution in [-0.4, -0.2) is 34.2 Å². The number of amides is 1. The lowest BCUT2D eigenvalue weighted by molar-refractivity contribution is -0.143. The van der Waals surface area contributed by atoms with Gasteiger partial charge in [-0.2, -0.15) is 5.10 Å². The molecule has 0 bridgehead atoms. The van der Waals surface area contributed by atoms with Crippen LogP contribution in [0.5, 0.6) is 0 Å². The third-order valence-electron chi connectivity index (χ3n) is 2.29. The average molecular weight is 236 g/mol. The third kappa shape index (κ3) is 2.47. The van der Waals surface area contributed by atoms with Gasteiger partial charge in [0.05, 0.1) is 12.1 Å². The first-order valence-electron chi connectivity index (χ1n) is 4.92. The highest BCUT2D eigenvalue weighted by Crippen LogP contribution is 2.15. The lowest BCUT2D eigenvalue weighted by Gasteiger charge is -2.06. The van der Waals surface area contributed by atoms with E-state index in [1.165, 1.54) is 18.2 Å². The lowest BCUT2D eigenvalue weighted by Crippen LogP contribution is -2.27. The molecule has 0 fully saturated rings. The van der Waals surface area contributed by atoms with Crippen LogP contribution < -0.4 is 0 Å². The van der Waals surface area contributed by atoms with E-state index in [4.69, 9.17) is 5.11 Å². The molecule has 0 aromatic heterocycles. The van der Waals surface area contributed by atoms with Gasteiger partial charge in [-0.3, -0.25) is 9.59 Å². The summed E-state index contributed by atoms with van der Waals surface area (Å²) in [5, 5.41) is 13.3. The van der Waals surface area contributed by atoms with E-state index in [9.17, 15) is 14.0 Å². The molecule has 0 saturated carbocycles. The second-order valence-corrected chi connectivity index (χ2v) is 3.58. The number of halogens is 1. The Morgan fingerprint density at radius 2 is 2.29 bits per heavy atom. The molecule has 5 nitrogen and oxygen atoms in total. The summed E-state index contributed by atoms with van der Waals surface area (Å²) in [5.41, 5.74) is 0.877. The molecule has 0 radical (unpaired) electrons. The van der Waals surface area contributed by atoms with Gasteiger partial charge in [-0.05, 0) is 12.1 Å². The van der Waals surface area contributed by atoms with E-state index >= 15 is 0 Å². The molecule has 1 aliphatic rings. The molecule has 0 aliphatic carbocycles. The van der Waals surface area contributed by atoms with Crippen molar-refractivity contribution in [2.75, 3.05) is 6.54 Å². The second kappa shape index (κ2) is 4.32. The van der Waals surface area contributed by atoms with Crippen LogP contribution in [0.1, 0.15) is 12.0 Å². The van der Waals surface area contributed by atoms with Crippen molar-refractivity contribution in [3.8, 4) is 0 Å². The zero-order chi connectivity index (χ0) is 12.4. The summed E-state index contributed by atoms with van der Waals surface area (Å²) in [6.07, 6.45) is -0.00324. The molecule has 2 rings (SSSR count). The van der Waals surface area contributed by atoms with Crippen LogP contribution in [0.25, 0.3) is 0 Å². The summed E-state index contributed by atoms with van der Waals surface area (Å²) in [6.45, 7) is -0.475. The van der Waals surface area contributed by atoms with Crippen LogP contribution in [0.3, 0.4) is 0 Å². The quantitative estimate of drug-likeness (QED) is 0.845. The van der Waals surface area contributed by atoms with Crippen molar-refractivity contribution in [3.63, 3.8) is 0 Å². The molecule has 88 valence electrons. The Kier molecular flexibility index (Phi) is 2.86. The van der Waals surface area contributed by atoms with Crippen molar-refractivity contribution in [3.05, 3.63) is 35.6 Å². The monoisotopic (exact) mass is 236 g/mol. The van der Waals surface area contributed by atoms with Crippen LogP contribution in [0.4, 0.5) is 4.39 Å². The molecule has 1 N–H and O–H groups in total. The van der Waals surface area contributed by atoms with Crippen LogP contribution in [0.2, 0.25) is 0 Å². The molecule has 0 atom stereocenters. The first-order chi connectivity index (χ1) is 8.06. The molecular weight excluding hydrogens is 227 g/mol. The zero-order valence-corrected chi connectivity index (χ0v) is 8.76. The highest BCUT2D eigenvalue weighted by atomic mass is 19.1. The summed E-state index contributed by atoms with van der Waals surface area (Å²) in [6, 6.07) is 5.68. The molecule has 1 aromatic rings. The topological polar surface area (TPSA) is 70.0 Å². The molecular formula is C11H9FN2O3. The number of aliphatic carboxylic acids is 1. The highest BCUT2D eigenvalue weighted by Gasteiger charge is 2.26. The Morgan fingerprint density at radius 3 is 2.94 bits per heavy atom. The molecule has 1 amide bonds. The number of carboxylic acid groups (broad SMARTS) is 1. The van der Waals surface area contributed by atoms with E-state index in [0.29, 0.717) is 11.3 Å². The number of hydrogen-bond donors (Lipinski definition) is 1. The number of rotatable bonds is 3. The van der Waals surface area contributed by atoms with E-state index in [1.807, 2.05) is 0 Å². The fourth-order valence-electron chi connectivity index (χ4n) is 1.55. The largest absolute Gasteiger partial charge is 0.480 e. The number of carbonyl (C=O) groups is 2. The molecule has 0 saturated heterocycles. The molecule has 0 unspecified atom stereocenters. The van der Waals surface area contributed by atoms with Gasteiger partial charge in [0, 0.05) is 5.56 Å². The predicted molar refractivity (Wildman–Crippen MR) is 56.9 cm³/mol. The van der Waals surface area contributed by atoms with Crippen LogP contribution in [-0.2, 0) is 9.59 Å². The number of carbonyl (C=O) groups excluding carboxylic acids is 1. The predicted octanol–water partition coefficient (Wildman–Crippen LogP) is 0.847. The zero-order valence-electron chi connectivity index (χ0n) is 8.76. The molecule has 6 heteroatoms. The Labute approximate surface area is 96.2 Å². The first-order valence-corrected chi connectivity index (χ1v) is 4.92. The summed E-state index contributed by atoms with van der Waals surface area (Å²) < 4.78 is 13.0. The fourth-order valence-corrected chi connectivity index (χ4v) is 1.55. The lowest BCUT2D eigenvalue weighted by atomic mass is 10.1. The molecule has 17 heavy (non-hydrogen) atoms. The summed E-state index contributed by atoms with van der Waals surface area (Å²) in [7, 11) is 0. The van der Waals surface area contributed by atoms with Crippen LogP contribution in [0, 0.1) is 5.82 Å². The minimum atomic E-state index is -1.14. The summed E-state index contributed by atoms with van der Waals surface area (Å²) >= 11 is 0. The minimum absolute atomic E-state index is 0.00324. The van der Waals surface area contributed by atoms with Crippen LogP contribution >= 0.6 is 0 Å². The van der Waals surface area contributed by atoms with E-state index in [2.05, 4.69) is 5.10 Å². The van der Waals surface area contributed by atoms with Crippen molar-refractivity contribution in [1.82, 2.24) is 5.01 Å². The maximum atomic E-state index is 13.0.